The highest BCUT2D eigenvalue weighted by Crippen LogP contribution is 2.36. The summed E-state index contributed by atoms with van der Waals surface area (Å²) in [6.45, 7) is 0.186. The summed E-state index contributed by atoms with van der Waals surface area (Å²) in [5.41, 5.74) is -0.664. The van der Waals surface area contributed by atoms with Crippen LogP contribution in [-0.2, 0) is 15.7 Å². The molecule has 0 saturated heterocycles. The van der Waals surface area contributed by atoms with E-state index in [-0.39, 0.29) is 23.7 Å². The van der Waals surface area contributed by atoms with Gasteiger partial charge in [0.1, 0.15) is 0 Å². The van der Waals surface area contributed by atoms with Gasteiger partial charge >= 0.3 is 12.1 Å². The Morgan fingerprint density at radius 2 is 2.11 bits per heavy atom. The number of hydrogen-bond donors (Lipinski definition) is 1. The lowest BCUT2D eigenvalue weighted by molar-refractivity contribution is -0.140. The van der Waals surface area contributed by atoms with E-state index in [1.807, 2.05) is 0 Å². The minimum absolute atomic E-state index is 0.0699. The molecule has 0 atom stereocenters. The van der Waals surface area contributed by atoms with Crippen LogP contribution in [0.3, 0.4) is 0 Å². The van der Waals surface area contributed by atoms with E-state index in [0.717, 1.165) is 12.1 Å². The van der Waals surface area contributed by atoms with E-state index in [4.69, 9.17) is 11.6 Å². The Morgan fingerprint density at radius 3 is 2.67 bits per heavy atom. The van der Waals surface area contributed by atoms with E-state index in [1.54, 1.807) is 0 Å². The van der Waals surface area contributed by atoms with Crippen LogP contribution in [0.5, 0.6) is 0 Å². The summed E-state index contributed by atoms with van der Waals surface area (Å²) < 4.78 is 42.0. The number of carbonyl (C=O) groups is 1. The summed E-state index contributed by atoms with van der Waals surface area (Å²) in [6.07, 6.45) is -4.43. The molecular weight excluding hydrogens is 271 g/mol. The third-order valence-electron chi connectivity index (χ3n) is 2.16. The van der Waals surface area contributed by atoms with Crippen LogP contribution in [0.2, 0.25) is 5.02 Å². The van der Waals surface area contributed by atoms with Gasteiger partial charge in [0.25, 0.3) is 0 Å². The van der Waals surface area contributed by atoms with Crippen molar-refractivity contribution in [1.82, 2.24) is 0 Å². The fraction of sp³-hybridized carbons (Fsp3) is 0.364. The van der Waals surface area contributed by atoms with Crippen LogP contribution >= 0.6 is 11.6 Å². The minimum Gasteiger partial charge on any atom is -0.469 e. The zero-order chi connectivity index (χ0) is 13.8. The highest BCUT2D eigenvalue weighted by atomic mass is 35.5. The molecule has 100 valence electrons. The van der Waals surface area contributed by atoms with Crippen LogP contribution in [0.25, 0.3) is 0 Å². The minimum atomic E-state index is -4.50. The molecule has 0 fully saturated rings. The number of nitrogens with one attached hydrogen (secondary N) is 1. The lowest BCUT2D eigenvalue weighted by Gasteiger charge is -2.12. The summed E-state index contributed by atoms with van der Waals surface area (Å²) in [6, 6.07) is 3.47. The van der Waals surface area contributed by atoms with Crippen molar-refractivity contribution in [1.29, 1.82) is 0 Å². The van der Waals surface area contributed by atoms with E-state index < -0.39 is 17.7 Å². The Balaban J connectivity index is 2.71. The average molecular weight is 282 g/mol. The van der Waals surface area contributed by atoms with Crippen molar-refractivity contribution in [3.63, 3.8) is 0 Å². The average Bonchev–Trinajstić information content (AvgIpc) is 2.29. The topological polar surface area (TPSA) is 38.3 Å². The molecule has 0 heterocycles. The van der Waals surface area contributed by atoms with Gasteiger partial charge in [-0.3, -0.25) is 4.79 Å². The molecule has 0 radical (unpaired) electrons. The van der Waals surface area contributed by atoms with Crippen LogP contribution in [0.4, 0.5) is 18.9 Å². The number of hydrogen-bond acceptors (Lipinski definition) is 3. The molecule has 1 aromatic rings. The number of alkyl halides is 3. The predicted molar refractivity (Wildman–Crippen MR) is 61.6 cm³/mol. The first-order valence-corrected chi connectivity index (χ1v) is 5.40. The first-order valence-electron chi connectivity index (χ1n) is 5.02. The van der Waals surface area contributed by atoms with Crippen molar-refractivity contribution in [2.45, 2.75) is 12.6 Å². The molecule has 0 amide bonds. The Morgan fingerprint density at radius 1 is 1.44 bits per heavy atom. The summed E-state index contributed by atoms with van der Waals surface area (Å²) in [4.78, 5) is 10.8. The molecule has 0 aliphatic heterocycles. The maximum absolute atomic E-state index is 12.5. The van der Waals surface area contributed by atoms with Gasteiger partial charge in [-0.05, 0) is 18.2 Å². The van der Waals surface area contributed by atoms with Gasteiger partial charge in [-0.15, -0.1) is 0 Å². The first-order chi connectivity index (χ1) is 8.34. The number of carbonyl (C=O) groups excluding carboxylic acids is 1. The second kappa shape index (κ2) is 5.95. The summed E-state index contributed by atoms with van der Waals surface area (Å²) in [7, 11) is 1.24. The van der Waals surface area contributed by atoms with Gasteiger partial charge in [0.05, 0.1) is 24.1 Å². The molecule has 1 N–H and O–H groups in total. The van der Waals surface area contributed by atoms with Crippen LogP contribution in [0, 0.1) is 0 Å². The summed E-state index contributed by atoms with van der Waals surface area (Å²) >= 11 is 5.47. The number of ether oxygens (including phenoxy) is 1. The lowest BCUT2D eigenvalue weighted by atomic mass is 10.2. The number of rotatable bonds is 4. The van der Waals surface area contributed by atoms with Crippen molar-refractivity contribution < 1.29 is 22.7 Å². The normalized spacial score (nSPS) is 11.2. The molecule has 7 heteroatoms. The Labute approximate surface area is 107 Å². The predicted octanol–water partition coefficient (Wildman–Crippen LogP) is 3.33. The molecule has 3 nitrogen and oxygen atoms in total. The zero-order valence-corrected chi connectivity index (χ0v) is 10.2. The molecule has 1 rings (SSSR count). The largest absolute Gasteiger partial charge is 0.469 e. The smallest absolute Gasteiger partial charge is 0.417 e. The van der Waals surface area contributed by atoms with Crippen LogP contribution in [0.15, 0.2) is 18.2 Å². The third-order valence-corrected chi connectivity index (χ3v) is 2.49. The van der Waals surface area contributed by atoms with Crippen molar-refractivity contribution in [3.05, 3.63) is 28.8 Å². The molecule has 18 heavy (non-hydrogen) atoms. The first kappa shape index (κ1) is 14.6. The molecule has 0 aromatic heterocycles. The molecular formula is C11H11ClF3NO2. The van der Waals surface area contributed by atoms with Crippen LogP contribution in [-0.4, -0.2) is 19.6 Å². The fourth-order valence-corrected chi connectivity index (χ4v) is 1.49. The van der Waals surface area contributed by atoms with E-state index >= 15 is 0 Å². The highest BCUT2D eigenvalue weighted by Gasteiger charge is 2.33. The number of methoxy groups -OCH3 is 1. The SMILES string of the molecule is COC(=O)CCNc1ccc(Cl)c(C(F)(F)F)c1. The quantitative estimate of drug-likeness (QED) is 0.860. The lowest BCUT2D eigenvalue weighted by Crippen LogP contribution is -2.11. The highest BCUT2D eigenvalue weighted by molar-refractivity contribution is 6.31. The van der Waals surface area contributed by atoms with Gasteiger partial charge in [0.2, 0.25) is 0 Å². The Kier molecular flexibility index (Phi) is 4.84. The van der Waals surface area contributed by atoms with Crippen molar-refractivity contribution >= 4 is 23.3 Å². The van der Waals surface area contributed by atoms with Gasteiger partial charge in [0.15, 0.2) is 0 Å². The zero-order valence-electron chi connectivity index (χ0n) is 9.47. The van der Waals surface area contributed by atoms with Crippen molar-refractivity contribution in [2.75, 3.05) is 19.0 Å². The number of anilines is 1. The number of halogens is 4. The molecule has 0 unspecified atom stereocenters. The van der Waals surface area contributed by atoms with E-state index in [9.17, 15) is 18.0 Å². The second-order valence-electron chi connectivity index (χ2n) is 3.45. The maximum atomic E-state index is 12.5. The van der Waals surface area contributed by atoms with Crippen molar-refractivity contribution in [3.8, 4) is 0 Å². The maximum Gasteiger partial charge on any atom is 0.417 e. The van der Waals surface area contributed by atoms with Gasteiger partial charge < -0.3 is 10.1 Å². The molecule has 1 aromatic carbocycles. The monoisotopic (exact) mass is 281 g/mol. The van der Waals surface area contributed by atoms with E-state index in [1.165, 1.54) is 13.2 Å². The van der Waals surface area contributed by atoms with E-state index in [2.05, 4.69) is 10.1 Å². The number of esters is 1. The van der Waals surface area contributed by atoms with Crippen LogP contribution < -0.4 is 5.32 Å². The molecule has 0 bridgehead atoms. The van der Waals surface area contributed by atoms with Gasteiger partial charge in [-0.2, -0.15) is 13.2 Å². The molecule has 0 aliphatic carbocycles. The molecule has 0 aliphatic rings. The summed E-state index contributed by atoms with van der Waals surface area (Å²) in [5.74, 6) is -0.437. The van der Waals surface area contributed by atoms with Gasteiger partial charge in [0, 0.05) is 12.2 Å². The number of benzene rings is 1. The fourth-order valence-electron chi connectivity index (χ4n) is 1.26. The Hall–Kier alpha value is -1.43. The summed E-state index contributed by atoms with van der Waals surface area (Å²) in [5, 5.41) is 2.33. The van der Waals surface area contributed by atoms with Gasteiger partial charge in [-0.1, -0.05) is 11.6 Å². The second-order valence-corrected chi connectivity index (χ2v) is 3.85. The van der Waals surface area contributed by atoms with Crippen LogP contribution in [0.1, 0.15) is 12.0 Å². The third kappa shape index (κ3) is 4.10. The van der Waals surface area contributed by atoms with E-state index in [0.29, 0.717) is 0 Å². The van der Waals surface area contributed by atoms with Gasteiger partial charge in [-0.25, -0.2) is 0 Å². The molecule has 0 spiro atoms. The van der Waals surface area contributed by atoms with Crippen molar-refractivity contribution in [2.24, 2.45) is 0 Å². The Bertz CT molecular complexity index is 435. The molecule has 0 saturated carbocycles. The standard InChI is InChI=1S/C11H11ClF3NO2/c1-18-10(17)4-5-16-7-2-3-9(12)8(6-7)11(13,14)15/h2-3,6,16H,4-5H2,1H3.